The van der Waals surface area contributed by atoms with Crippen LogP contribution in [-0.2, 0) is 0 Å². The number of nitrogens with zero attached hydrogens (tertiary/aromatic N) is 2. The number of hydrogen-bond donors (Lipinski definition) is 0. The number of hydrogen-bond acceptors (Lipinski definition) is 5. The van der Waals surface area contributed by atoms with Crippen molar-refractivity contribution in [1.82, 2.24) is 9.97 Å². The van der Waals surface area contributed by atoms with Crippen LogP contribution in [0.2, 0.25) is 5.15 Å². The van der Waals surface area contributed by atoms with E-state index in [1.807, 2.05) is 12.1 Å². The van der Waals surface area contributed by atoms with Crippen LogP contribution in [-0.4, -0.2) is 24.2 Å². The van der Waals surface area contributed by atoms with E-state index in [1.54, 1.807) is 38.6 Å². The summed E-state index contributed by atoms with van der Waals surface area (Å²) in [5, 5.41) is 1.10. The molecule has 0 aliphatic rings. The summed E-state index contributed by atoms with van der Waals surface area (Å²) in [7, 11) is 3.17. The van der Waals surface area contributed by atoms with Crippen molar-refractivity contribution in [2.45, 2.75) is 0 Å². The van der Waals surface area contributed by atoms with E-state index in [0.29, 0.717) is 28.2 Å². The molecule has 3 rings (SSSR count). The summed E-state index contributed by atoms with van der Waals surface area (Å²) >= 11 is 8.23. The standard InChI is InChI=1S/C16H12ClIN2O3/c1-21-13-7-9-10(8-14(13)22-2)19-6-5-11(9)23-12-3-4-15(18)20-16(12)17/h3-8H,1-2H3. The number of rotatable bonds is 4. The van der Waals surface area contributed by atoms with E-state index in [2.05, 4.69) is 32.6 Å². The van der Waals surface area contributed by atoms with E-state index in [1.165, 1.54) is 0 Å². The molecule has 0 unspecified atom stereocenters. The van der Waals surface area contributed by atoms with Crippen molar-refractivity contribution < 1.29 is 14.2 Å². The third-order valence-electron chi connectivity index (χ3n) is 3.21. The van der Waals surface area contributed by atoms with E-state index in [4.69, 9.17) is 25.8 Å². The summed E-state index contributed by atoms with van der Waals surface area (Å²) in [4.78, 5) is 8.52. The van der Waals surface area contributed by atoms with Crippen LogP contribution < -0.4 is 14.2 Å². The second-order valence-electron chi connectivity index (χ2n) is 4.56. The minimum Gasteiger partial charge on any atom is -0.493 e. The molecule has 0 radical (unpaired) electrons. The van der Waals surface area contributed by atoms with Crippen LogP contribution in [0.5, 0.6) is 23.0 Å². The molecular formula is C16H12ClIN2O3. The van der Waals surface area contributed by atoms with Crippen molar-refractivity contribution in [3.8, 4) is 23.0 Å². The molecule has 0 atom stereocenters. The van der Waals surface area contributed by atoms with Gasteiger partial charge in [-0.2, -0.15) is 0 Å². The van der Waals surface area contributed by atoms with Crippen molar-refractivity contribution in [3.05, 3.63) is 45.4 Å². The van der Waals surface area contributed by atoms with Crippen LogP contribution >= 0.6 is 34.2 Å². The molecular weight excluding hydrogens is 431 g/mol. The topological polar surface area (TPSA) is 53.5 Å². The van der Waals surface area contributed by atoms with Gasteiger partial charge in [0.2, 0.25) is 0 Å². The first-order valence-corrected chi connectivity index (χ1v) is 8.08. The van der Waals surface area contributed by atoms with Crippen LogP contribution in [0.25, 0.3) is 10.9 Å². The summed E-state index contributed by atoms with van der Waals surface area (Å²) < 4.78 is 17.4. The normalized spacial score (nSPS) is 10.6. The third-order valence-corrected chi connectivity index (χ3v) is 4.08. The highest BCUT2D eigenvalue weighted by atomic mass is 127. The Morgan fingerprint density at radius 3 is 2.39 bits per heavy atom. The predicted molar refractivity (Wildman–Crippen MR) is 96.9 cm³/mol. The van der Waals surface area contributed by atoms with Gasteiger partial charge < -0.3 is 14.2 Å². The minimum absolute atomic E-state index is 0.308. The van der Waals surface area contributed by atoms with Crippen molar-refractivity contribution in [2.75, 3.05) is 14.2 Å². The van der Waals surface area contributed by atoms with Gasteiger partial charge in [-0.05, 0) is 46.9 Å². The largest absolute Gasteiger partial charge is 0.493 e. The lowest BCUT2D eigenvalue weighted by Crippen LogP contribution is -1.94. The Hall–Kier alpha value is -1.80. The van der Waals surface area contributed by atoms with Gasteiger partial charge in [0.25, 0.3) is 0 Å². The molecule has 23 heavy (non-hydrogen) atoms. The highest BCUT2D eigenvalue weighted by Crippen LogP contribution is 2.37. The van der Waals surface area contributed by atoms with Crippen LogP contribution in [0.1, 0.15) is 0 Å². The van der Waals surface area contributed by atoms with E-state index in [-0.39, 0.29) is 0 Å². The third kappa shape index (κ3) is 3.28. The number of benzene rings is 1. The Morgan fingerprint density at radius 2 is 1.70 bits per heavy atom. The van der Waals surface area contributed by atoms with E-state index >= 15 is 0 Å². The Morgan fingerprint density at radius 1 is 0.957 bits per heavy atom. The Kier molecular flexibility index (Phi) is 4.72. The van der Waals surface area contributed by atoms with E-state index in [0.717, 1.165) is 14.6 Å². The quantitative estimate of drug-likeness (QED) is 0.433. The van der Waals surface area contributed by atoms with Crippen LogP contribution in [0.15, 0.2) is 36.5 Å². The summed E-state index contributed by atoms with van der Waals surface area (Å²) in [6.07, 6.45) is 1.66. The van der Waals surface area contributed by atoms with Gasteiger partial charge in [0.05, 0.1) is 19.7 Å². The fourth-order valence-electron chi connectivity index (χ4n) is 2.13. The van der Waals surface area contributed by atoms with E-state index < -0.39 is 0 Å². The van der Waals surface area contributed by atoms with Crippen LogP contribution in [0, 0.1) is 3.70 Å². The first kappa shape index (κ1) is 16.1. The fourth-order valence-corrected chi connectivity index (χ4v) is 2.89. The number of halogens is 2. The zero-order chi connectivity index (χ0) is 16.4. The highest BCUT2D eigenvalue weighted by molar-refractivity contribution is 14.1. The molecule has 5 nitrogen and oxygen atoms in total. The van der Waals surface area contributed by atoms with Crippen molar-refractivity contribution in [2.24, 2.45) is 0 Å². The summed E-state index contributed by atoms with van der Waals surface area (Å²) in [6.45, 7) is 0. The molecule has 2 aromatic heterocycles. The Labute approximate surface area is 151 Å². The maximum absolute atomic E-state index is 6.14. The monoisotopic (exact) mass is 442 g/mol. The number of ether oxygens (including phenoxy) is 3. The average Bonchev–Trinajstić information content (AvgIpc) is 2.56. The SMILES string of the molecule is COc1cc2nccc(Oc3ccc(I)nc3Cl)c2cc1OC. The summed E-state index contributed by atoms with van der Waals surface area (Å²) in [6, 6.07) is 9.00. The first-order chi connectivity index (χ1) is 11.1. The second-order valence-corrected chi connectivity index (χ2v) is 6.02. The van der Waals surface area contributed by atoms with Gasteiger partial charge in [-0.1, -0.05) is 11.6 Å². The lowest BCUT2D eigenvalue weighted by Gasteiger charge is -2.12. The smallest absolute Gasteiger partial charge is 0.172 e. The summed E-state index contributed by atoms with van der Waals surface area (Å²) in [5.74, 6) is 2.30. The molecule has 0 saturated carbocycles. The van der Waals surface area contributed by atoms with E-state index in [9.17, 15) is 0 Å². The summed E-state index contributed by atoms with van der Waals surface area (Å²) in [5.41, 5.74) is 0.731. The fraction of sp³-hybridized carbons (Fsp3) is 0.125. The lowest BCUT2D eigenvalue weighted by atomic mass is 10.2. The average molecular weight is 443 g/mol. The molecule has 1 aromatic carbocycles. The Balaban J connectivity index is 2.10. The number of pyridine rings is 2. The van der Waals surface area contributed by atoms with Crippen molar-refractivity contribution in [3.63, 3.8) is 0 Å². The zero-order valence-electron chi connectivity index (χ0n) is 12.3. The lowest BCUT2D eigenvalue weighted by molar-refractivity contribution is 0.355. The first-order valence-electron chi connectivity index (χ1n) is 6.63. The maximum Gasteiger partial charge on any atom is 0.172 e. The van der Waals surface area contributed by atoms with Gasteiger partial charge >= 0.3 is 0 Å². The van der Waals surface area contributed by atoms with Gasteiger partial charge in [-0.25, -0.2) is 4.98 Å². The molecule has 0 aliphatic carbocycles. The molecule has 118 valence electrons. The maximum atomic E-state index is 6.14. The van der Waals surface area contributed by atoms with Gasteiger partial charge in [-0.3, -0.25) is 4.98 Å². The molecule has 0 amide bonds. The van der Waals surface area contributed by atoms with Crippen molar-refractivity contribution in [1.29, 1.82) is 0 Å². The van der Waals surface area contributed by atoms with Gasteiger partial charge in [0.1, 0.15) is 9.45 Å². The molecule has 7 heteroatoms. The molecule has 0 saturated heterocycles. The molecule has 0 N–H and O–H groups in total. The molecule has 0 fully saturated rings. The van der Waals surface area contributed by atoms with Crippen LogP contribution in [0.4, 0.5) is 0 Å². The zero-order valence-corrected chi connectivity index (χ0v) is 15.3. The molecule has 0 spiro atoms. The molecule has 0 aliphatic heterocycles. The minimum atomic E-state index is 0.308. The number of methoxy groups -OCH3 is 2. The molecule has 2 heterocycles. The molecule has 0 bridgehead atoms. The Bertz CT molecular complexity index is 873. The van der Waals surface area contributed by atoms with Gasteiger partial charge in [0.15, 0.2) is 22.4 Å². The highest BCUT2D eigenvalue weighted by Gasteiger charge is 2.12. The number of aromatic nitrogens is 2. The van der Waals surface area contributed by atoms with Crippen LogP contribution in [0.3, 0.4) is 0 Å². The molecule has 3 aromatic rings. The predicted octanol–water partition coefficient (Wildman–Crippen LogP) is 4.70. The van der Waals surface area contributed by atoms with Gasteiger partial charge in [-0.15, -0.1) is 0 Å². The second kappa shape index (κ2) is 6.76. The van der Waals surface area contributed by atoms with Crippen molar-refractivity contribution >= 4 is 45.1 Å². The number of fused-ring (bicyclic) bond motifs is 1. The van der Waals surface area contributed by atoms with Gasteiger partial charge in [0, 0.05) is 17.6 Å².